The Kier molecular flexibility index (Phi) is 8.54. The van der Waals surface area contributed by atoms with E-state index in [1.54, 1.807) is 6.92 Å². The highest BCUT2D eigenvalue weighted by Crippen LogP contribution is 2.37. The monoisotopic (exact) mass is 405 g/mol. The first kappa shape index (κ1) is 22.7. The maximum atomic E-state index is 11.9. The summed E-state index contributed by atoms with van der Waals surface area (Å²) >= 11 is 0.860. The number of esters is 4. The van der Waals surface area contributed by atoms with Gasteiger partial charge in [0.25, 0.3) is 0 Å². The first-order valence-electron chi connectivity index (χ1n) is 8.18. The molecule has 0 bridgehead atoms. The average molecular weight is 405 g/mol. The van der Waals surface area contributed by atoms with E-state index in [0.717, 1.165) is 32.5 Å². The summed E-state index contributed by atoms with van der Waals surface area (Å²) in [5, 5.41) is 2.61. The molecule has 152 valence electrons. The van der Waals surface area contributed by atoms with Crippen molar-refractivity contribution >= 4 is 41.5 Å². The number of amides is 1. The molecule has 0 aromatic rings. The standard InChI is InChI=1S/C16H23NO9S/c1-6-11(22)17-12-13(23-7(2)18)14(24-8(3)19)16(26-10(5)21)27-15(12)25-9(4)20/h12-16H,6H2,1-5H3,(H,17,22)/t12-,13-,14+,15?,16+/m1/s1. The third kappa shape index (κ3) is 7.08. The summed E-state index contributed by atoms with van der Waals surface area (Å²) in [5.41, 5.74) is -2.16. The van der Waals surface area contributed by atoms with Gasteiger partial charge in [0, 0.05) is 34.1 Å². The van der Waals surface area contributed by atoms with E-state index in [9.17, 15) is 24.0 Å². The van der Waals surface area contributed by atoms with Crippen molar-refractivity contribution in [3.63, 3.8) is 0 Å². The lowest BCUT2D eigenvalue weighted by atomic mass is 10.0. The third-order valence-corrected chi connectivity index (χ3v) is 4.61. The number of rotatable bonds is 6. The summed E-state index contributed by atoms with van der Waals surface area (Å²) < 4.78 is 20.8. The first-order chi connectivity index (χ1) is 12.5. The van der Waals surface area contributed by atoms with E-state index in [0.29, 0.717) is 0 Å². The Morgan fingerprint density at radius 2 is 1.19 bits per heavy atom. The van der Waals surface area contributed by atoms with E-state index in [4.69, 9.17) is 18.9 Å². The first-order valence-corrected chi connectivity index (χ1v) is 9.13. The van der Waals surface area contributed by atoms with Crippen LogP contribution in [0.2, 0.25) is 0 Å². The normalized spacial score (nSPS) is 27.1. The maximum Gasteiger partial charge on any atom is 0.303 e. The zero-order valence-corrected chi connectivity index (χ0v) is 16.5. The molecular weight excluding hydrogens is 382 g/mol. The van der Waals surface area contributed by atoms with Crippen LogP contribution in [0.5, 0.6) is 0 Å². The van der Waals surface area contributed by atoms with E-state index < -0.39 is 58.9 Å². The number of hydrogen-bond donors (Lipinski definition) is 1. The largest absolute Gasteiger partial charge is 0.456 e. The molecule has 1 aliphatic heterocycles. The van der Waals surface area contributed by atoms with Crippen molar-refractivity contribution < 1.29 is 42.9 Å². The zero-order valence-electron chi connectivity index (χ0n) is 15.7. The predicted octanol–water partition coefficient (Wildman–Crippen LogP) is 0.270. The predicted molar refractivity (Wildman–Crippen MR) is 92.0 cm³/mol. The van der Waals surface area contributed by atoms with E-state index >= 15 is 0 Å². The molecule has 11 heteroatoms. The molecule has 0 spiro atoms. The lowest BCUT2D eigenvalue weighted by Crippen LogP contribution is -2.63. The molecule has 1 amide bonds. The number of carbonyl (C=O) groups excluding carboxylic acids is 5. The fraction of sp³-hybridized carbons (Fsp3) is 0.688. The van der Waals surface area contributed by atoms with Gasteiger partial charge in [-0.3, -0.25) is 24.0 Å². The quantitative estimate of drug-likeness (QED) is 0.484. The highest BCUT2D eigenvalue weighted by Gasteiger charge is 2.53. The Balaban J connectivity index is 3.34. The summed E-state index contributed by atoms with van der Waals surface area (Å²) in [6.45, 7) is 6.19. The Morgan fingerprint density at radius 1 is 0.741 bits per heavy atom. The Morgan fingerprint density at radius 3 is 1.63 bits per heavy atom. The summed E-state index contributed by atoms with van der Waals surface area (Å²) in [5.74, 6) is -3.16. The van der Waals surface area contributed by atoms with Crippen molar-refractivity contribution in [2.45, 2.75) is 70.2 Å². The van der Waals surface area contributed by atoms with Gasteiger partial charge in [-0.15, -0.1) is 0 Å². The molecular formula is C16H23NO9S. The smallest absolute Gasteiger partial charge is 0.303 e. The molecule has 1 saturated heterocycles. The van der Waals surface area contributed by atoms with E-state index in [1.165, 1.54) is 6.92 Å². The average Bonchev–Trinajstić information content (AvgIpc) is 2.52. The topological polar surface area (TPSA) is 134 Å². The fourth-order valence-electron chi connectivity index (χ4n) is 2.42. The number of ether oxygens (including phenoxy) is 4. The molecule has 0 aromatic carbocycles. The van der Waals surface area contributed by atoms with Gasteiger partial charge in [0.15, 0.2) is 23.1 Å². The molecule has 1 N–H and O–H groups in total. The minimum Gasteiger partial charge on any atom is -0.456 e. The van der Waals surface area contributed by atoms with Gasteiger partial charge in [-0.2, -0.15) is 0 Å². The van der Waals surface area contributed by atoms with Gasteiger partial charge < -0.3 is 24.3 Å². The molecule has 0 aromatic heterocycles. The molecule has 0 aliphatic carbocycles. The van der Waals surface area contributed by atoms with Crippen molar-refractivity contribution in [2.24, 2.45) is 0 Å². The van der Waals surface area contributed by atoms with Crippen LogP contribution in [0, 0.1) is 0 Å². The van der Waals surface area contributed by atoms with Crippen LogP contribution >= 0.6 is 11.8 Å². The van der Waals surface area contributed by atoms with Crippen LogP contribution < -0.4 is 5.32 Å². The summed E-state index contributed by atoms with van der Waals surface area (Å²) in [7, 11) is 0. The molecule has 1 rings (SSSR count). The molecule has 1 unspecified atom stereocenters. The summed E-state index contributed by atoms with van der Waals surface area (Å²) in [4.78, 5) is 58.0. The molecule has 27 heavy (non-hydrogen) atoms. The summed E-state index contributed by atoms with van der Waals surface area (Å²) in [6, 6.07) is -1.02. The van der Waals surface area contributed by atoms with Crippen molar-refractivity contribution in [3.05, 3.63) is 0 Å². The molecule has 1 aliphatic rings. The molecule has 1 heterocycles. The SMILES string of the molecule is CCC(=O)N[C@H]1C(OC(C)=O)S[C@H](OC(C)=O)[C@@H](OC(C)=O)[C@@H]1OC(C)=O. The van der Waals surface area contributed by atoms with Gasteiger partial charge in [-0.25, -0.2) is 0 Å². The third-order valence-electron chi connectivity index (χ3n) is 3.32. The number of carbonyl (C=O) groups is 5. The molecule has 10 nitrogen and oxygen atoms in total. The van der Waals surface area contributed by atoms with Crippen LogP contribution in [0.4, 0.5) is 0 Å². The Bertz CT molecular complexity index is 609. The second-order valence-electron chi connectivity index (χ2n) is 5.69. The molecule has 0 saturated carbocycles. The van der Waals surface area contributed by atoms with Gasteiger partial charge in [0.1, 0.15) is 6.04 Å². The van der Waals surface area contributed by atoms with Crippen LogP contribution in [-0.2, 0) is 42.9 Å². The number of thioether (sulfide) groups is 1. The zero-order chi connectivity index (χ0) is 20.7. The van der Waals surface area contributed by atoms with Gasteiger partial charge in [0.2, 0.25) is 5.91 Å². The summed E-state index contributed by atoms with van der Waals surface area (Å²) in [6.07, 6.45) is -2.34. The van der Waals surface area contributed by atoms with Gasteiger partial charge >= 0.3 is 23.9 Å². The molecule has 1 fully saturated rings. The second-order valence-corrected chi connectivity index (χ2v) is 6.89. The molecule has 0 radical (unpaired) electrons. The van der Waals surface area contributed by atoms with Gasteiger partial charge in [-0.05, 0) is 0 Å². The maximum absolute atomic E-state index is 11.9. The van der Waals surface area contributed by atoms with Crippen molar-refractivity contribution in [1.82, 2.24) is 5.32 Å². The van der Waals surface area contributed by atoms with Gasteiger partial charge in [0.05, 0.1) is 0 Å². The van der Waals surface area contributed by atoms with E-state index in [-0.39, 0.29) is 6.42 Å². The van der Waals surface area contributed by atoms with Gasteiger partial charge in [-0.1, -0.05) is 18.7 Å². The van der Waals surface area contributed by atoms with Crippen LogP contribution in [0.15, 0.2) is 0 Å². The van der Waals surface area contributed by atoms with Crippen LogP contribution in [-0.4, -0.2) is 58.9 Å². The molecule has 5 atom stereocenters. The number of nitrogens with one attached hydrogen (secondary N) is 1. The van der Waals surface area contributed by atoms with Crippen molar-refractivity contribution in [2.75, 3.05) is 0 Å². The minimum absolute atomic E-state index is 0.117. The minimum atomic E-state index is -1.24. The Labute approximate surface area is 160 Å². The Hall–Kier alpha value is -2.30. The van der Waals surface area contributed by atoms with Crippen LogP contribution in [0.3, 0.4) is 0 Å². The lowest BCUT2D eigenvalue weighted by molar-refractivity contribution is -0.184. The van der Waals surface area contributed by atoms with Crippen molar-refractivity contribution in [1.29, 1.82) is 0 Å². The van der Waals surface area contributed by atoms with Crippen LogP contribution in [0.25, 0.3) is 0 Å². The van der Waals surface area contributed by atoms with E-state index in [2.05, 4.69) is 5.32 Å². The number of hydrogen-bond acceptors (Lipinski definition) is 10. The van der Waals surface area contributed by atoms with Crippen LogP contribution in [0.1, 0.15) is 41.0 Å². The highest BCUT2D eigenvalue weighted by atomic mass is 32.2. The van der Waals surface area contributed by atoms with Crippen molar-refractivity contribution in [3.8, 4) is 0 Å². The fourth-order valence-corrected chi connectivity index (χ4v) is 3.82. The van der Waals surface area contributed by atoms with E-state index in [1.807, 2.05) is 0 Å². The highest BCUT2D eigenvalue weighted by molar-refractivity contribution is 8.00. The second kappa shape index (κ2) is 10.1. The lowest BCUT2D eigenvalue weighted by Gasteiger charge is -2.43.